The average molecular weight is 274 g/mol. The molecule has 0 spiro atoms. The van der Waals surface area contributed by atoms with Gasteiger partial charge in [0.05, 0.1) is 30.8 Å². The van der Waals surface area contributed by atoms with E-state index in [2.05, 4.69) is 5.32 Å². The molecule has 1 atom stereocenters. The van der Waals surface area contributed by atoms with E-state index in [-0.39, 0.29) is 12.6 Å². The fourth-order valence-electron chi connectivity index (χ4n) is 1.98. The van der Waals surface area contributed by atoms with Gasteiger partial charge in [0.25, 0.3) is 0 Å². The zero-order valence-electron chi connectivity index (χ0n) is 11.6. The molecule has 1 aliphatic rings. The second kappa shape index (κ2) is 5.75. The summed E-state index contributed by atoms with van der Waals surface area (Å²) in [5.74, 6) is -1.11. The first kappa shape index (κ1) is 15.7. The van der Waals surface area contributed by atoms with Gasteiger partial charge < -0.3 is 25.2 Å². The highest BCUT2D eigenvalue weighted by atomic mass is 16.5. The highest BCUT2D eigenvalue weighted by molar-refractivity contribution is 5.75. The van der Waals surface area contributed by atoms with Gasteiger partial charge in [0.15, 0.2) is 0 Å². The van der Waals surface area contributed by atoms with Crippen molar-refractivity contribution in [1.82, 2.24) is 10.2 Å². The van der Waals surface area contributed by atoms with Crippen LogP contribution in [-0.4, -0.2) is 64.6 Å². The van der Waals surface area contributed by atoms with Crippen LogP contribution in [0.5, 0.6) is 0 Å². The van der Waals surface area contributed by atoms with E-state index in [0.717, 1.165) is 0 Å². The lowest BCUT2D eigenvalue weighted by Crippen LogP contribution is -2.59. The van der Waals surface area contributed by atoms with Crippen LogP contribution in [0.25, 0.3) is 0 Å². The summed E-state index contributed by atoms with van der Waals surface area (Å²) < 4.78 is 5.31. The van der Waals surface area contributed by atoms with E-state index in [1.165, 1.54) is 6.92 Å². The Hall–Kier alpha value is -1.34. The molecule has 110 valence electrons. The first-order chi connectivity index (χ1) is 8.64. The van der Waals surface area contributed by atoms with Crippen LogP contribution in [0, 0.1) is 0 Å². The third kappa shape index (κ3) is 4.68. The van der Waals surface area contributed by atoms with Crippen LogP contribution < -0.4 is 5.32 Å². The molecule has 1 fully saturated rings. The number of aliphatic carboxylic acids is 1. The molecule has 2 amide bonds. The Bertz CT molecular complexity index is 354. The Kier molecular flexibility index (Phi) is 4.75. The fourth-order valence-corrected chi connectivity index (χ4v) is 1.98. The molecule has 0 aromatic rings. The Labute approximate surface area is 112 Å². The van der Waals surface area contributed by atoms with Crippen LogP contribution in [0.15, 0.2) is 0 Å². The minimum atomic E-state index is -1.46. The summed E-state index contributed by atoms with van der Waals surface area (Å²) in [5.41, 5.74) is -1.88. The summed E-state index contributed by atoms with van der Waals surface area (Å²) in [5, 5.41) is 21.0. The third-order valence-corrected chi connectivity index (χ3v) is 3.04. The summed E-state index contributed by atoms with van der Waals surface area (Å²) in [6.07, 6.45) is -0.417. The standard InChI is InChI=1S/C12H22N2O5/c1-11(2)8-19-5-4-14(11)10(17)13-7-12(3,18)6-9(15)16/h18H,4-8H2,1-3H3,(H,13,17)(H,15,16). The van der Waals surface area contributed by atoms with Gasteiger partial charge in [0.1, 0.15) is 0 Å². The zero-order valence-corrected chi connectivity index (χ0v) is 11.6. The first-order valence-corrected chi connectivity index (χ1v) is 6.21. The highest BCUT2D eigenvalue weighted by Gasteiger charge is 2.35. The van der Waals surface area contributed by atoms with Crippen molar-refractivity contribution in [2.75, 3.05) is 26.3 Å². The van der Waals surface area contributed by atoms with Gasteiger partial charge in [-0.05, 0) is 20.8 Å². The van der Waals surface area contributed by atoms with Crippen molar-refractivity contribution in [2.45, 2.75) is 38.3 Å². The molecule has 0 saturated carbocycles. The number of hydrogen-bond donors (Lipinski definition) is 3. The molecule has 19 heavy (non-hydrogen) atoms. The molecule has 1 unspecified atom stereocenters. The van der Waals surface area contributed by atoms with E-state index in [9.17, 15) is 14.7 Å². The molecule has 1 heterocycles. The minimum Gasteiger partial charge on any atom is -0.481 e. The van der Waals surface area contributed by atoms with Gasteiger partial charge in [-0.3, -0.25) is 4.79 Å². The Morgan fingerprint density at radius 1 is 1.47 bits per heavy atom. The number of urea groups is 1. The van der Waals surface area contributed by atoms with Gasteiger partial charge >= 0.3 is 12.0 Å². The normalized spacial score (nSPS) is 21.6. The Morgan fingerprint density at radius 2 is 2.11 bits per heavy atom. The van der Waals surface area contributed by atoms with Gasteiger partial charge in [0, 0.05) is 13.1 Å². The van der Waals surface area contributed by atoms with Crippen LogP contribution >= 0.6 is 0 Å². The van der Waals surface area contributed by atoms with Crippen LogP contribution in [0.4, 0.5) is 4.79 Å². The van der Waals surface area contributed by atoms with Gasteiger partial charge in [-0.25, -0.2) is 4.79 Å². The summed E-state index contributed by atoms with van der Waals surface area (Å²) in [7, 11) is 0. The van der Waals surface area contributed by atoms with Gasteiger partial charge in [-0.15, -0.1) is 0 Å². The number of hydrogen-bond acceptors (Lipinski definition) is 4. The maximum absolute atomic E-state index is 12.0. The largest absolute Gasteiger partial charge is 0.481 e. The van der Waals surface area contributed by atoms with Crippen LogP contribution in [0.3, 0.4) is 0 Å². The Morgan fingerprint density at radius 3 is 2.63 bits per heavy atom. The molecule has 3 N–H and O–H groups in total. The van der Waals surface area contributed by atoms with Crippen LogP contribution in [0.1, 0.15) is 27.2 Å². The average Bonchev–Trinajstić information content (AvgIpc) is 2.23. The number of carboxylic acid groups (broad SMARTS) is 1. The predicted octanol–water partition coefficient (Wildman–Crippen LogP) is 0.0325. The van der Waals surface area contributed by atoms with Crippen molar-refractivity contribution in [1.29, 1.82) is 0 Å². The monoisotopic (exact) mass is 274 g/mol. The quantitative estimate of drug-likeness (QED) is 0.672. The molecule has 0 aromatic carbocycles. The molecule has 0 bridgehead atoms. The lowest BCUT2D eigenvalue weighted by atomic mass is 10.0. The predicted molar refractivity (Wildman–Crippen MR) is 67.9 cm³/mol. The number of ether oxygens (including phenoxy) is 1. The third-order valence-electron chi connectivity index (χ3n) is 3.04. The molecule has 7 heteroatoms. The van der Waals surface area contributed by atoms with Crippen molar-refractivity contribution >= 4 is 12.0 Å². The van der Waals surface area contributed by atoms with E-state index in [0.29, 0.717) is 19.8 Å². The second-order valence-electron chi connectivity index (χ2n) is 5.74. The van der Waals surface area contributed by atoms with E-state index in [1.807, 2.05) is 13.8 Å². The number of nitrogens with zero attached hydrogens (tertiary/aromatic N) is 1. The maximum atomic E-state index is 12.0. The smallest absolute Gasteiger partial charge is 0.318 e. The summed E-state index contributed by atoms with van der Waals surface area (Å²) in [6, 6.07) is -0.320. The molecular weight excluding hydrogens is 252 g/mol. The number of nitrogens with one attached hydrogen (secondary N) is 1. The topological polar surface area (TPSA) is 99.1 Å². The highest BCUT2D eigenvalue weighted by Crippen LogP contribution is 2.19. The van der Waals surface area contributed by atoms with Crippen molar-refractivity contribution in [3.63, 3.8) is 0 Å². The van der Waals surface area contributed by atoms with Gasteiger partial charge in [-0.1, -0.05) is 0 Å². The summed E-state index contributed by atoms with van der Waals surface area (Å²) in [6.45, 7) is 6.45. The Balaban J connectivity index is 2.53. The molecule has 1 rings (SSSR count). The lowest BCUT2D eigenvalue weighted by Gasteiger charge is -2.42. The summed E-state index contributed by atoms with van der Waals surface area (Å²) >= 11 is 0. The fraction of sp³-hybridized carbons (Fsp3) is 0.833. The zero-order chi connectivity index (χ0) is 14.7. The lowest BCUT2D eigenvalue weighted by molar-refractivity contribution is -0.141. The summed E-state index contributed by atoms with van der Waals surface area (Å²) in [4.78, 5) is 24.2. The molecule has 1 aliphatic heterocycles. The van der Waals surface area contributed by atoms with Gasteiger partial charge in [0.2, 0.25) is 0 Å². The molecule has 1 saturated heterocycles. The van der Waals surface area contributed by atoms with Crippen LogP contribution in [-0.2, 0) is 9.53 Å². The van der Waals surface area contributed by atoms with E-state index >= 15 is 0 Å². The van der Waals surface area contributed by atoms with Crippen molar-refractivity contribution < 1.29 is 24.5 Å². The number of morpholine rings is 1. The van der Waals surface area contributed by atoms with E-state index in [4.69, 9.17) is 9.84 Å². The number of amides is 2. The van der Waals surface area contributed by atoms with Gasteiger partial charge in [-0.2, -0.15) is 0 Å². The van der Waals surface area contributed by atoms with Crippen molar-refractivity contribution in [3.8, 4) is 0 Å². The molecule has 0 radical (unpaired) electrons. The second-order valence-corrected chi connectivity index (χ2v) is 5.74. The molecule has 0 aromatic heterocycles. The van der Waals surface area contributed by atoms with E-state index in [1.54, 1.807) is 4.90 Å². The minimum absolute atomic E-state index is 0.106. The SMILES string of the molecule is CC(O)(CNC(=O)N1CCOCC1(C)C)CC(=O)O. The van der Waals surface area contributed by atoms with Crippen molar-refractivity contribution in [2.24, 2.45) is 0 Å². The van der Waals surface area contributed by atoms with E-state index < -0.39 is 23.5 Å². The molecule has 7 nitrogen and oxygen atoms in total. The van der Waals surface area contributed by atoms with Crippen LogP contribution in [0.2, 0.25) is 0 Å². The van der Waals surface area contributed by atoms with Crippen molar-refractivity contribution in [3.05, 3.63) is 0 Å². The number of carbonyl (C=O) groups is 2. The number of carbonyl (C=O) groups excluding carboxylic acids is 1. The maximum Gasteiger partial charge on any atom is 0.318 e. The first-order valence-electron chi connectivity index (χ1n) is 6.21. The molecular formula is C12H22N2O5. The number of carboxylic acids is 1. The number of rotatable bonds is 4. The molecule has 0 aliphatic carbocycles. The number of aliphatic hydroxyl groups is 1.